The van der Waals surface area contributed by atoms with Gasteiger partial charge in [-0.2, -0.15) is 0 Å². The van der Waals surface area contributed by atoms with Gasteiger partial charge in [0.2, 0.25) is 0 Å². The van der Waals surface area contributed by atoms with Gasteiger partial charge in [-0.1, -0.05) is 60.7 Å². The molecular formula is C28H27N3O4S. The van der Waals surface area contributed by atoms with Gasteiger partial charge in [0.15, 0.2) is 6.61 Å². The number of nitrogens with zero attached hydrogens (tertiary/aromatic N) is 1. The number of thiophene rings is 1. The number of nitrogens with one attached hydrogen (secondary N) is 2. The molecule has 36 heavy (non-hydrogen) atoms. The number of rotatable bonds is 8. The summed E-state index contributed by atoms with van der Waals surface area (Å²) >= 11 is 1.58. The van der Waals surface area contributed by atoms with Gasteiger partial charge >= 0.3 is 5.97 Å². The number of ether oxygens (including phenoxy) is 1. The summed E-state index contributed by atoms with van der Waals surface area (Å²) in [6.07, 6.45) is 4.41. The molecule has 0 atom stereocenters. The van der Waals surface area contributed by atoms with E-state index in [1.807, 2.05) is 60.7 Å². The molecule has 2 heterocycles. The van der Waals surface area contributed by atoms with Crippen LogP contribution in [-0.2, 0) is 33.6 Å². The van der Waals surface area contributed by atoms with Crippen LogP contribution in [0.5, 0.6) is 0 Å². The Hall–Kier alpha value is -3.78. The fourth-order valence-corrected chi connectivity index (χ4v) is 5.90. The van der Waals surface area contributed by atoms with Crippen molar-refractivity contribution in [2.24, 2.45) is 0 Å². The predicted octanol–water partition coefficient (Wildman–Crippen LogP) is 4.25. The van der Waals surface area contributed by atoms with Crippen LogP contribution >= 0.6 is 11.3 Å². The molecule has 2 aromatic heterocycles. The number of carbonyl (C=O) groups is 2. The van der Waals surface area contributed by atoms with Crippen LogP contribution in [0.2, 0.25) is 0 Å². The van der Waals surface area contributed by atoms with Crippen LogP contribution in [0.3, 0.4) is 0 Å². The maximum atomic E-state index is 12.7. The lowest BCUT2D eigenvalue weighted by Gasteiger charge is -2.20. The SMILES string of the molecule is O=C(COC(=O)CCc1nc2sc3c(c2c(=O)[nH]1)CCCC3)NC(c1ccccc1)c1ccccc1. The van der Waals surface area contributed by atoms with E-state index in [0.717, 1.165) is 47.2 Å². The van der Waals surface area contributed by atoms with Crippen LogP contribution in [-0.4, -0.2) is 28.5 Å². The van der Waals surface area contributed by atoms with Crippen molar-refractivity contribution in [2.45, 2.75) is 44.6 Å². The van der Waals surface area contributed by atoms with Gasteiger partial charge in [0.1, 0.15) is 10.7 Å². The minimum atomic E-state index is -0.519. The summed E-state index contributed by atoms with van der Waals surface area (Å²) in [5.41, 5.74) is 2.86. The summed E-state index contributed by atoms with van der Waals surface area (Å²) in [5, 5.41) is 3.65. The van der Waals surface area contributed by atoms with Gasteiger partial charge in [-0.15, -0.1) is 11.3 Å². The van der Waals surface area contributed by atoms with E-state index in [1.54, 1.807) is 11.3 Å². The highest BCUT2D eigenvalue weighted by Crippen LogP contribution is 2.33. The molecule has 2 aromatic carbocycles. The maximum Gasteiger partial charge on any atom is 0.306 e. The normalized spacial score (nSPS) is 12.9. The number of H-pyrrole nitrogens is 1. The highest BCUT2D eigenvalue weighted by atomic mass is 32.1. The van der Waals surface area contributed by atoms with E-state index < -0.39 is 11.9 Å². The van der Waals surface area contributed by atoms with Gasteiger partial charge in [0.05, 0.1) is 17.8 Å². The lowest BCUT2D eigenvalue weighted by atomic mass is 9.97. The Morgan fingerprint density at radius 3 is 2.36 bits per heavy atom. The molecule has 7 nitrogen and oxygen atoms in total. The second-order valence-corrected chi connectivity index (χ2v) is 9.97. The molecule has 0 bridgehead atoms. The monoisotopic (exact) mass is 501 g/mol. The van der Waals surface area contributed by atoms with Crippen LogP contribution in [0.15, 0.2) is 65.5 Å². The van der Waals surface area contributed by atoms with Crippen LogP contribution in [0.4, 0.5) is 0 Å². The summed E-state index contributed by atoms with van der Waals surface area (Å²) in [5.74, 6) is -0.451. The number of hydrogen-bond donors (Lipinski definition) is 2. The van der Waals surface area contributed by atoms with Crippen molar-refractivity contribution in [3.05, 3.63) is 98.4 Å². The zero-order valence-corrected chi connectivity index (χ0v) is 20.6. The summed E-state index contributed by atoms with van der Waals surface area (Å²) in [6.45, 7) is -0.379. The largest absolute Gasteiger partial charge is 0.456 e. The van der Waals surface area contributed by atoms with Gasteiger partial charge in [-0.25, -0.2) is 4.98 Å². The summed E-state index contributed by atoms with van der Waals surface area (Å²) in [6, 6.07) is 18.9. The highest BCUT2D eigenvalue weighted by molar-refractivity contribution is 7.18. The highest BCUT2D eigenvalue weighted by Gasteiger charge is 2.21. The third kappa shape index (κ3) is 5.39. The number of hydrogen-bond acceptors (Lipinski definition) is 6. The number of amides is 1. The fraction of sp³-hybridized carbons (Fsp3) is 0.286. The molecule has 4 aromatic rings. The molecule has 0 aliphatic heterocycles. The van der Waals surface area contributed by atoms with Crippen molar-refractivity contribution in [3.8, 4) is 0 Å². The Balaban J connectivity index is 1.18. The maximum absolute atomic E-state index is 12.7. The minimum absolute atomic E-state index is 0.0214. The Labute approximate surface area is 212 Å². The van der Waals surface area contributed by atoms with E-state index in [1.165, 1.54) is 4.88 Å². The number of aryl methyl sites for hydroxylation is 3. The van der Waals surface area contributed by atoms with Crippen LogP contribution in [0.1, 0.15) is 52.7 Å². The van der Waals surface area contributed by atoms with E-state index in [2.05, 4.69) is 15.3 Å². The molecule has 1 amide bonds. The summed E-state index contributed by atoms with van der Waals surface area (Å²) in [7, 11) is 0. The topological polar surface area (TPSA) is 101 Å². The van der Waals surface area contributed by atoms with Crippen molar-refractivity contribution < 1.29 is 14.3 Å². The first-order valence-electron chi connectivity index (χ1n) is 12.2. The quantitative estimate of drug-likeness (QED) is 0.352. The summed E-state index contributed by atoms with van der Waals surface area (Å²) in [4.78, 5) is 47.0. The van der Waals surface area contributed by atoms with Crippen LogP contribution in [0, 0.1) is 0 Å². The number of esters is 1. The Kier molecular flexibility index (Phi) is 7.23. The van der Waals surface area contributed by atoms with Crippen molar-refractivity contribution >= 4 is 33.4 Å². The molecule has 0 fully saturated rings. The molecule has 8 heteroatoms. The van der Waals surface area contributed by atoms with Gasteiger partial charge in [0.25, 0.3) is 11.5 Å². The first-order chi connectivity index (χ1) is 17.6. The standard InChI is InChI=1S/C28H27N3O4S/c32-23(31-26(18-9-3-1-4-10-18)19-11-5-2-6-12-19)17-35-24(33)16-15-22-29-27(34)25-20-13-7-8-14-21(20)36-28(25)30-22/h1-6,9-12,26H,7-8,13-17H2,(H,31,32)(H,29,30,34). The molecule has 1 aliphatic rings. The number of aromatic amines is 1. The number of carbonyl (C=O) groups excluding carboxylic acids is 2. The molecule has 0 radical (unpaired) electrons. The van der Waals surface area contributed by atoms with Gasteiger partial charge in [-0.3, -0.25) is 14.4 Å². The third-order valence-corrected chi connectivity index (χ3v) is 7.56. The number of benzene rings is 2. The molecule has 0 unspecified atom stereocenters. The lowest BCUT2D eigenvalue weighted by Crippen LogP contribution is -2.33. The van der Waals surface area contributed by atoms with E-state index in [-0.39, 0.29) is 31.0 Å². The zero-order valence-electron chi connectivity index (χ0n) is 19.8. The van der Waals surface area contributed by atoms with Crippen molar-refractivity contribution in [1.29, 1.82) is 0 Å². The molecule has 0 saturated carbocycles. The second kappa shape index (κ2) is 10.9. The number of aromatic nitrogens is 2. The summed E-state index contributed by atoms with van der Waals surface area (Å²) < 4.78 is 5.21. The van der Waals surface area contributed by atoms with Crippen LogP contribution < -0.4 is 10.9 Å². The third-order valence-electron chi connectivity index (χ3n) is 6.38. The van der Waals surface area contributed by atoms with Crippen molar-refractivity contribution in [2.75, 3.05) is 6.61 Å². The van der Waals surface area contributed by atoms with Gasteiger partial charge in [0, 0.05) is 11.3 Å². The van der Waals surface area contributed by atoms with Crippen LogP contribution in [0.25, 0.3) is 10.2 Å². The molecule has 5 rings (SSSR count). The van der Waals surface area contributed by atoms with E-state index in [4.69, 9.17) is 4.74 Å². The molecule has 0 saturated heterocycles. The Bertz CT molecular complexity index is 1390. The first kappa shape index (κ1) is 23.9. The average Bonchev–Trinajstić information content (AvgIpc) is 3.29. The molecule has 2 N–H and O–H groups in total. The zero-order chi connectivity index (χ0) is 24.9. The predicted molar refractivity (Wildman–Crippen MR) is 139 cm³/mol. The smallest absolute Gasteiger partial charge is 0.306 e. The van der Waals surface area contributed by atoms with Crippen molar-refractivity contribution in [3.63, 3.8) is 0 Å². The van der Waals surface area contributed by atoms with E-state index >= 15 is 0 Å². The number of fused-ring (bicyclic) bond motifs is 3. The Morgan fingerprint density at radius 2 is 1.67 bits per heavy atom. The minimum Gasteiger partial charge on any atom is -0.456 e. The van der Waals surface area contributed by atoms with E-state index in [9.17, 15) is 14.4 Å². The molecule has 184 valence electrons. The second-order valence-electron chi connectivity index (χ2n) is 8.89. The van der Waals surface area contributed by atoms with E-state index in [0.29, 0.717) is 11.2 Å². The molecular weight excluding hydrogens is 474 g/mol. The average molecular weight is 502 g/mol. The van der Waals surface area contributed by atoms with Gasteiger partial charge in [-0.05, 0) is 42.4 Å². The van der Waals surface area contributed by atoms with Gasteiger partial charge < -0.3 is 15.0 Å². The first-order valence-corrected chi connectivity index (χ1v) is 13.0. The lowest BCUT2D eigenvalue weighted by molar-refractivity contribution is -0.148. The molecule has 0 spiro atoms. The Morgan fingerprint density at radius 1 is 1.00 bits per heavy atom. The fourth-order valence-electron chi connectivity index (χ4n) is 4.62. The van der Waals surface area contributed by atoms with Crippen molar-refractivity contribution in [1.82, 2.24) is 15.3 Å². The molecule has 1 aliphatic carbocycles.